The van der Waals surface area contributed by atoms with Crippen molar-refractivity contribution in [3.05, 3.63) is 0 Å². The van der Waals surface area contributed by atoms with Crippen LogP contribution in [0.1, 0.15) is 6.92 Å². The van der Waals surface area contributed by atoms with E-state index in [9.17, 15) is 4.79 Å². The van der Waals surface area contributed by atoms with E-state index in [2.05, 4.69) is 0 Å². The van der Waals surface area contributed by atoms with E-state index >= 15 is 0 Å². The number of quaternary nitrogens is 1. The third-order valence-corrected chi connectivity index (χ3v) is 0.697. The summed E-state index contributed by atoms with van der Waals surface area (Å²) in [4.78, 5) is 10.4. The Bertz CT molecular complexity index is 95.7. The molecule has 0 aromatic heterocycles. The highest BCUT2D eigenvalue weighted by molar-refractivity contribution is 5.76. The van der Waals surface area contributed by atoms with E-state index in [1.54, 1.807) is 6.92 Å². The van der Waals surface area contributed by atoms with E-state index in [0.717, 1.165) is 4.48 Å². The summed E-state index contributed by atoms with van der Waals surface area (Å²) in [6.45, 7) is 2.24. The first kappa shape index (κ1) is 11.7. The van der Waals surface area contributed by atoms with Gasteiger partial charge in [-0.1, -0.05) is 0 Å². The maximum absolute atomic E-state index is 10.4. The lowest BCUT2D eigenvalue weighted by Gasteiger charge is -2.21. The summed E-state index contributed by atoms with van der Waals surface area (Å²) in [5.41, 5.74) is 0. The van der Waals surface area contributed by atoms with Gasteiger partial charge in [-0.05, 0) is 0 Å². The van der Waals surface area contributed by atoms with Crippen LogP contribution in [0.3, 0.4) is 0 Å². The van der Waals surface area contributed by atoms with Crippen LogP contribution in [0.4, 0.5) is 0 Å². The minimum Gasteiger partial charge on any atom is -1.00 e. The highest BCUT2D eigenvalue weighted by atomic mass is 35.5. The quantitative estimate of drug-likeness (QED) is 0.393. The van der Waals surface area contributed by atoms with Gasteiger partial charge in [0.15, 0.2) is 5.78 Å². The SMILES string of the molecule is CC(=O)C[N+](C)(C)C.[Cl-]. The summed E-state index contributed by atoms with van der Waals surface area (Å²) in [7, 11) is 6.00. The first-order valence-corrected chi connectivity index (χ1v) is 2.72. The minimum atomic E-state index is 0. The predicted octanol–water partition coefficient (Wildman–Crippen LogP) is -2.71. The van der Waals surface area contributed by atoms with Gasteiger partial charge in [0.25, 0.3) is 0 Å². The Hall–Kier alpha value is -0.0800. The molecule has 0 radical (unpaired) electrons. The number of ketones is 1. The van der Waals surface area contributed by atoms with E-state index in [0.29, 0.717) is 6.54 Å². The molecule has 0 rings (SSSR count). The fraction of sp³-hybridized carbons (Fsp3) is 0.833. The van der Waals surface area contributed by atoms with Crippen LogP contribution in [0, 0.1) is 0 Å². The average molecular weight is 152 g/mol. The molecule has 0 atom stereocenters. The summed E-state index contributed by atoms with van der Waals surface area (Å²) in [5, 5.41) is 0. The molecule has 0 aromatic carbocycles. The van der Waals surface area contributed by atoms with Crippen LogP contribution >= 0.6 is 0 Å². The Balaban J connectivity index is 0. The molecule has 0 saturated heterocycles. The Morgan fingerprint density at radius 2 is 1.67 bits per heavy atom. The first-order valence-electron chi connectivity index (χ1n) is 2.72. The summed E-state index contributed by atoms with van der Waals surface area (Å²) in [6, 6.07) is 0. The number of halogens is 1. The minimum absolute atomic E-state index is 0. The smallest absolute Gasteiger partial charge is 0.183 e. The summed E-state index contributed by atoms with van der Waals surface area (Å²) in [5.74, 6) is 0.248. The van der Waals surface area contributed by atoms with E-state index in [1.165, 1.54) is 0 Å². The van der Waals surface area contributed by atoms with E-state index in [4.69, 9.17) is 0 Å². The van der Waals surface area contributed by atoms with Crippen LogP contribution < -0.4 is 12.4 Å². The van der Waals surface area contributed by atoms with E-state index in [1.807, 2.05) is 21.1 Å². The summed E-state index contributed by atoms with van der Waals surface area (Å²) in [6.07, 6.45) is 0. The second kappa shape index (κ2) is 3.85. The normalized spacial score (nSPS) is 10.2. The molecule has 56 valence electrons. The number of Topliss-reactive ketones (excluding diaryl/α,β-unsaturated/α-hetero) is 1. The zero-order chi connectivity index (χ0) is 6.78. The molecule has 0 N–H and O–H groups in total. The Labute approximate surface area is 62.8 Å². The van der Waals surface area contributed by atoms with Crippen molar-refractivity contribution < 1.29 is 21.7 Å². The topological polar surface area (TPSA) is 17.1 Å². The lowest BCUT2D eigenvalue weighted by molar-refractivity contribution is -0.862. The molecule has 0 bridgehead atoms. The number of nitrogens with zero attached hydrogens (tertiary/aromatic N) is 1. The fourth-order valence-corrected chi connectivity index (χ4v) is 0.668. The Morgan fingerprint density at radius 3 is 1.67 bits per heavy atom. The molecule has 0 aliphatic carbocycles. The third-order valence-electron chi connectivity index (χ3n) is 0.697. The van der Waals surface area contributed by atoms with Gasteiger partial charge in [0, 0.05) is 6.92 Å². The molecular weight excluding hydrogens is 138 g/mol. The highest BCUT2D eigenvalue weighted by Gasteiger charge is 2.08. The van der Waals surface area contributed by atoms with Gasteiger partial charge in [-0.25, -0.2) is 0 Å². The van der Waals surface area contributed by atoms with Gasteiger partial charge >= 0.3 is 0 Å². The van der Waals surface area contributed by atoms with Crippen molar-refractivity contribution >= 4 is 5.78 Å². The number of carbonyl (C=O) groups is 1. The number of carbonyl (C=O) groups excluding carboxylic acids is 1. The van der Waals surface area contributed by atoms with Crippen molar-refractivity contribution in [2.75, 3.05) is 27.7 Å². The molecule has 0 heterocycles. The average Bonchev–Trinajstić information content (AvgIpc) is 1.21. The van der Waals surface area contributed by atoms with Gasteiger partial charge in [-0.15, -0.1) is 0 Å². The molecular formula is C6H14ClNO. The van der Waals surface area contributed by atoms with Gasteiger partial charge in [0.2, 0.25) is 0 Å². The lowest BCUT2D eigenvalue weighted by Crippen LogP contribution is -3.00. The van der Waals surface area contributed by atoms with Gasteiger partial charge in [0.1, 0.15) is 6.54 Å². The molecule has 0 amide bonds. The van der Waals surface area contributed by atoms with Crippen molar-refractivity contribution in [3.8, 4) is 0 Å². The maximum Gasteiger partial charge on any atom is 0.183 e. The van der Waals surface area contributed by atoms with Crippen LogP contribution in [0.5, 0.6) is 0 Å². The molecule has 0 aliphatic heterocycles. The summed E-state index contributed by atoms with van der Waals surface area (Å²) < 4.78 is 0.731. The monoisotopic (exact) mass is 151 g/mol. The molecule has 0 fully saturated rings. The molecule has 0 aliphatic rings. The van der Waals surface area contributed by atoms with Gasteiger partial charge in [-0.2, -0.15) is 0 Å². The van der Waals surface area contributed by atoms with Crippen LogP contribution in [-0.4, -0.2) is 38.0 Å². The Morgan fingerprint density at radius 1 is 1.33 bits per heavy atom. The molecule has 2 nitrogen and oxygen atoms in total. The van der Waals surface area contributed by atoms with Gasteiger partial charge in [-0.3, -0.25) is 4.79 Å². The number of hydrogen-bond acceptors (Lipinski definition) is 1. The largest absolute Gasteiger partial charge is 1.00 e. The Kier molecular flexibility index (Phi) is 5.00. The molecule has 0 aromatic rings. The van der Waals surface area contributed by atoms with Crippen molar-refractivity contribution in [1.29, 1.82) is 0 Å². The third kappa shape index (κ3) is 11.5. The zero-order valence-electron chi connectivity index (χ0n) is 6.44. The van der Waals surface area contributed by atoms with Gasteiger partial charge < -0.3 is 16.9 Å². The zero-order valence-corrected chi connectivity index (χ0v) is 7.20. The predicted molar refractivity (Wildman–Crippen MR) is 33.6 cm³/mol. The second-order valence-electron chi connectivity index (χ2n) is 3.15. The van der Waals surface area contributed by atoms with E-state index < -0.39 is 0 Å². The first-order chi connectivity index (χ1) is 3.42. The number of likely N-dealkylation sites (N-methyl/N-ethyl adjacent to an activating group) is 1. The van der Waals surface area contributed by atoms with Crippen LogP contribution in [0.15, 0.2) is 0 Å². The van der Waals surface area contributed by atoms with Crippen LogP contribution in [-0.2, 0) is 4.79 Å². The van der Waals surface area contributed by atoms with E-state index in [-0.39, 0.29) is 18.2 Å². The van der Waals surface area contributed by atoms with Crippen molar-refractivity contribution in [3.63, 3.8) is 0 Å². The highest BCUT2D eigenvalue weighted by Crippen LogP contribution is 1.87. The van der Waals surface area contributed by atoms with Gasteiger partial charge in [0.05, 0.1) is 21.1 Å². The molecule has 0 unspecified atom stereocenters. The molecule has 0 spiro atoms. The fourth-order valence-electron chi connectivity index (χ4n) is 0.668. The van der Waals surface area contributed by atoms with Crippen LogP contribution in [0.25, 0.3) is 0 Å². The second-order valence-corrected chi connectivity index (χ2v) is 3.15. The molecule has 0 saturated carbocycles. The molecule has 3 heteroatoms. The lowest BCUT2D eigenvalue weighted by atomic mass is 10.4. The number of rotatable bonds is 2. The summed E-state index contributed by atoms with van der Waals surface area (Å²) >= 11 is 0. The van der Waals surface area contributed by atoms with Crippen LogP contribution in [0.2, 0.25) is 0 Å². The molecule has 9 heavy (non-hydrogen) atoms. The number of hydrogen-bond donors (Lipinski definition) is 0. The standard InChI is InChI=1S/C6H14NO.ClH/c1-6(8)5-7(2,3)4;/h5H2,1-4H3;1H/q+1;/p-1. The van der Waals surface area contributed by atoms with Crippen molar-refractivity contribution in [2.24, 2.45) is 0 Å². The maximum atomic E-state index is 10.4. The van der Waals surface area contributed by atoms with Crippen molar-refractivity contribution in [2.45, 2.75) is 6.92 Å². The van der Waals surface area contributed by atoms with Crippen molar-refractivity contribution in [1.82, 2.24) is 0 Å².